The molecule has 0 unspecified atom stereocenters. The molecule has 0 atom stereocenters. The molecule has 0 heterocycles. The van der Waals surface area contributed by atoms with E-state index >= 15 is 0 Å². The number of rotatable bonds is 10. The molecule has 0 saturated heterocycles. The lowest BCUT2D eigenvalue weighted by atomic mass is 10.1. The molecule has 116 valence electrons. The molecule has 0 aliphatic rings. The van der Waals surface area contributed by atoms with Crippen molar-refractivity contribution in [1.29, 1.82) is 0 Å². The predicted octanol–water partition coefficient (Wildman–Crippen LogP) is 4.00. The van der Waals surface area contributed by atoms with E-state index in [2.05, 4.69) is 12.2 Å². The van der Waals surface area contributed by atoms with Gasteiger partial charge in [-0.25, -0.2) is 0 Å². The summed E-state index contributed by atoms with van der Waals surface area (Å²) >= 11 is 0. The molecule has 4 heteroatoms. The first-order chi connectivity index (χ1) is 10.1. The molecule has 0 aliphatic heterocycles. The highest BCUT2D eigenvalue weighted by molar-refractivity contribution is 5.92. The van der Waals surface area contributed by atoms with E-state index in [1.807, 2.05) is 0 Å². The number of amides is 1. The van der Waals surface area contributed by atoms with Crippen LogP contribution in [0.15, 0.2) is 24.3 Å². The van der Waals surface area contributed by atoms with Crippen molar-refractivity contribution in [3.05, 3.63) is 29.8 Å². The fourth-order valence-corrected chi connectivity index (χ4v) is 2.24. The molecule has 0 fully saturated rings. The minimum atomic E-state index is -0.896. The molecule has 1 amide bonds. The lowest BCUT2D eigenvalue weighted by Gasteiger charge is -2.09. The third-order valence-electron chi connectivity index (χ3n) is 3.39. The number of unbranched alkanes of at least 4 members (excludes halogenated alkanes) is 5. The third kappa shape index (κ3) is 7.49. The van der Waals surface area contributed by atoms with Crippen molar-refractivity contribution in [2.45, 2.75) is 58.3 Å². The summed E-state index contributed by atoms with van der Waals surface area (Å²) in [7, 11) is 0. The highest BCUT2D eigenvalue weighted by Gasteiger charge is 2.09. The highest BCUT2D eigenvalue weighted by atomic mass is 16.4. The largest absolute Gasteiger partial charge is 0.481 e. The number of para-hydroxylation sites is 1. The van der Waals surface area contributed by atoms with Crippen molar-refractivity contribution in [2.24, 2.45) is 0 Å². The van der Waals surface area contributed by atoms with E-state index in [-0.39, 0.29) is 12.3 Å². The van der Waals surface area contributed by atoms with Crippen LogP contribution in [-0.2, 0) is 16.0 Å². The van der Waals surface area contributed by atoms with E-state index in [1.54, 1.807) is 24.3 Å². The summed E-state index contributed by atoms with van der Waals surface area (Å²) in [6.45, 7) is 2.18. The van der Waals surface area contributed by atoms with Gasteiger partial charge in [0.25, 0.3) is 0 Å². The van der Waals surface area contributed by atoms with Crippen LogP contribution in [0.1, 0.15) is 57.4 Å². The maximum absolute atomic E-state index is 11.9. The Labute approximate surface area is 126 Å². The number of carboxylic acid groups (broad SMARTS) is 1. The molecule has 1 aromatic rings. The summed E-state index contributed by atoms with van der Waals surface area (Å²) in [5.41, 5.74) is 1.25. The Kier molecular flexibility index (Phi) is 8.17. The van der Waals surface area contributed by atoms with Gasteiger partial charge < -0.3 is 10.4 Å². The van der Waals surface area contributed by atoms with Crippen LogP contribution in [0.5, 0.6) is 0 Å². The fourth-order valence-electron chi connectivity index (χ4n) is 2.24. The van der Waals surface area contributed by atoms with Crippen molar-refractivity contribution in [3.63, 3.8) is 0 Å². The average molecular weight is 291 g/mol. The zero-order chi connectivity index (χ0) is 15.5. The van der Waals surface area contributed by atoms with Gasteiger partial charge in [-0.3, -0.25) is 9.59 Å². The van der Waals surface area contributed by atoms with Gasteiger partial charge in [0.15, 0.2) is 0 Å². The Hall–Kier alpha value is -1.84. The molecule has 2 N–H and O–H groups in total. The molecule has 0 spiro atoms. The van der Waals surface area contributed by atoms with Crippen LogP contribution in [-0.4, -0.2) is 17.0 Å². The quantitative estimate of drug-likeness (QED) is 0.640. The second-order valence-electron chi connectivity index (χ2n) is 5.29. The number of anilines is 1. The molecule has 0 radical (unpaired) electrons. The van der Waals surface area contributed by atoms with E-state index in [1.165, 1.54) is 25.7 Å². The van der Waals surface area contributed by atoms with E-state index < -0.39 is 5.97 Å². The number of carboxylic acids is 1. The highest BCUT2D eigenvalue weighted by Crippen LogP contribution is 2.16. The molecule has 1 aromatic carbocycles. The third-order valence-corrected chi connectivity index (χ3v) is 3.39. The minimum Gasteiger partial charge on any atom is -0.481 e. The number of aliphatic carboxylic acids is 1. The van der Waals surface area contributed by atoms with Crippen molar-refractivity contribution in [2.75, 3.05) is 5.32 Å². The molecule has 0 aliphatic carbocycles. The number of carbonyl (C=O) groups is 2. The normalized spacial score (nSPS) is 10.3. The first-order valence-electron chi connectivity index (χ1n) is 7.73. The van der Waals surface area contributed by atoms with Gasteiger partial charge in [-0.15, -0.1) is 0 Å². The number of carbonyl (C=O) groups excluding carboxylic acids is 1. The van der Waals surface area contributed by atoms with Crippen molar-refractivity contribution in [1.82, 2.24) is 0 Å². The number of hydrogen-bond donors (Lipinski definition) is 2. The molecular formula is C17H25NO3. The van der Waals surface area contributed by atoms with Crippen LogP contribution < -0.4 is 5.32 Å². The van der Waals surface area contributed by atoms with Crippen molar-refractivity contribution in [3.8, 4) is 0 Å². The predicted molar refractivity (Wildman–Crippen MR) is 84.4 cm³/mol. The summed E-state index contributed by atoms with van der Waals surface area (Å²) in [5, 5.41) is 11.7. The Morgan fingerprint density at radius 1 is 1.05 bits per heavy atom. The van der Waals surface area contributed by atoms with Gasteiger partial charge in [-0.2, -0.15) is 0 Å². The lowest BCUT2D eigenvalue weighted by molar-refractivity contribution is -0.136. The Morgan fingerprint density at radius 3 is 2.43 bits per heavy atom. The second kappa shape index (κ2) is 9.97. The van der Waals surface area contributed by atoms with Crippen LogP contribution >= 0.6 is 0 Å². The SMILES string of the molecule is CCCCCCCCC(=O)Nc1ccccc1CC(=O)O. The van der Waals surface area contributed by atoms with Gasteiger partial charge in [0, 0.05) is 12.1 Å². The summed E-state index contributed by atoms with van der Waals surface area (Å²) in [6.07, 6.45) is 7.27. The van der Waals surface area contributed by atoms with Crippen molar-refractivity contribution < 1.29 is 14.7 Å². The van der Waals surface area contributed by atoms with Crippen LogP contribution in [0.3, 0.4) is 0 Å². The van der Waals surface area contributed by atoms with E-state index in [4.69, 9.17) is 5.11 Å². The smallest absolute Gasteiger partial charge is 0.307 e. The van der Waals surface area contributed by atoms with Crippen molar-refractivity contribution >= 4 is 17.6 Å². The maximum Gasteiger partial charge on any atom is 0.307 e. The Balaban J connectivity index is 2.35. The fraction of sp³-hybridized carbons (Fsp3) is 0.529. The average Bonchev–Trinajstić information content (AvgIpc) is 2.44. The van der Waals surface area contributed by atoms with Crippen LogP contribution in [0.2, 0.25) is 0 Å². The number of hydrogen-bond acceptors (Lipinski definition) is 2. The minimum absolute atomic E-state index is 0.0386. The van der Waals surface area contributed by atoms with Gasteiger partial charge in [-0.1, -0.05) is 57.2 Å². The van der Waals surface area contributed by atoms with Gasteiger partial charge in [0.1, 0.15) is 0 Å². The standard InChI is InChI=1S/C17H25NO3/c1-2-3-4-5-6-7-12-16(19)18-15-11-9-8-10-14(15)13-17(20)21/h8-11H,2-7,12-13H2,1H3,(H,18,19)(H,20,21). The molecule has 0 bridgehead atoms. The van der Waals surface area contributed by atoms with Crippen LogP contribution in [0.25, 0.3) is 0 Å². The molecule has 0 aromatic heterocycles. The van der Waals surface area contributed by atoms with E-state index in [0.717, 1.165) is 12.8 Å². The van der Waals surface area contributed by atoms with Gasteiger partial charge in [0.05, 0.1) is 6.42 Å². The lowest BCUT2D eigenvalue weighted by Crippen LogP contribution is -2.13. The van der Waals surface area contributed by atoms with Crippen LogP contribution in [0.4, 0.5) is 5.69 Å². The van der Waals surface area contributed by atoms with Crippen LogP contribution in [0, 0.1) is 0 Å². The molecule has 4 nitrogen and oxygen atoms in total. The van der Waals surface area contributed by atoms with E-state index in [9.17, 15) is 9.59 Å². The topological polar surface area (TPSA) is 66.4 Å². The van der Waals surface area contributed by atoms with Gasteiger partial charge in [0.2, 0.25) is 5.91 Å². The summed E-state index contributed by atoms with van der Waals surface area (Å²) in [4.78, 5) is 22.7. The zero-order valence-corrected chi connectivity index (χ0v) is 12.7. The second-order valence-corrected chi connectivity index (χ2v) is 5.29. The zero-order valence-electron chi connectivity index (χ0n) is 12.7. The maximum atomic E-state index is 11.9. The monoisotopic (exact) mass is 291 g/mol. The Bertz CT molecular complexity index is 457. The molecule has 0 saturated carbocycles. The van der Waals surface area contributed by atoms with E-state index in [0.29, 0.717) is 17.7 Å². The van der Waals surface area contributed by atoms with Gasteiger partial charge >= 0.3 is 5.97 Å². The summed E-state index contributed by atoms with van der Waals surface area (Å²) < 4.78 is 0. The first-order valence-corrected chi connectivity index (χ1v) is 7.73. The molecular weight excluding hydrogens is 266 g/mol. The molecule has 21 heavy (non-hydrogen) atoms. The van der Waals surface area contributed by atoms with Gasteiger partial charge in [-0.05, 0) is 18.1 Å². The summed E-state index contributed by atoms with van der Waals surface area (Å²) in [5.74, 6) is -0.934. The Morgan fingerprint density at radius 2 is 1.71 bits per heavy atom. The molecule has 1 rings (SSSR count). The first kappa shape index (κ1) is 17.2. The summed E-state index contributed by atoms with van der Waals surface area (Å²) in [6, 6.07) is 7.05. The number of nitrogens with one attached hydrogen (secondary N) is 1. The number of benzene rings is 1.